The van der Waals surface area contributed by atoms with Crippen LogP contribution in [0.1, 0.15) is 54.9 Å². The van der Waals surface area contributed by atoms with Crippen LogP contribution in [-0.4, -0.2) is 87.6 Å². The second-order valence-corrected chi connectivity index (χ2v) is 13.1. The SMILES string of the molecule is Cc1nnc(CNC(=O)c2cc3cc(c2)C(=O)N(C)CC(=O)N[C@@H]2CN(C(=O)CCc4ccno4)CC[C@@H]2OCc2cc(F)cc(c2)O3)s1. The van der Waals surface area contributed by atoms with E-state index in [4.69, 9.17) is 14.0 Å². The van der Waals surface area contributed by atoms with Gasteiger partial charge in [0, 0.05) is 56.2 Å². The molecule has 16 heteroatoms. The number of aromatic nitrogens is 3. The lowest BCUT2D eigenvalue weighted by atomic mass is 10.0. The van der Waals surface area contributed by atoms with Crippen LogP contribution in [0.4, 0.5) is 4.39 Å². The van der Waals surface area contributed by atoms with Crippen molar-refractivity contribution in [2.75, 3.05) is 26.7 Å². The zero-order valence-electron chi connectivity index (χ0n) is 26.8. The number of piperidine rings is 1. The monoisotopic (exact) mass is 691 g/mol. The zero-order chi connectivity index (χ0) is 34.5. The van der Waals surface area contributed by atoms with Gasteiger partial charge in [-0.2, -0.15) is 0 Å². The first-order valence-electron chi connectivity index (χ1n) is 15.6. The topological polar surface area (TPSA) is 169 Å². The number of carbonyl (C=O) groups excluding carboxylic acids is 4. The van der Waals surface area contributed by atoms with Crippen LogP contribution in [0.5, 0.6) is 11.5 Å². The number of nitrogens with one attached hydrogen (secondary N) is 2. The first kappa shape index (κ1) is 33.7. The van der Waals surface area contributed by atoms with Crippen LogP contribution in [0.25, 0.3) is 0 Å². The molecule has 0 radical (unpaired) electrons. The van der Waals surface area contributed by atoms with E-state index in [1.54, 1.807) is 24.0 Å². The lowest BCUT2D eigenvalue weighted by molar-refractivity contribution is -0.137. The van der Waals surface area contributed by atoms with E-state index in [-0.39, 0.29) is 61.2 Å². The summed E-state index contributed by atoms with van der Waals surface area (Å²) in [7, 11) is 1.46. The number of ether oxygens (including phenoxy) is 2. The Balaban J connectivity index is 1.24. The summed E-state index contributed by atoms with van der Waals surface area (Å²) in [4.78, 5) is 56.1. The maximum Gasteiger partial charge on any atom is 0.254 e. The molecule has 0 aliphatic carbocycles. The lowest BCUT2D eigenvalue weighted by Crippen LogP contribution is -2.58. The standard InChI is InChI=1S/C33H34FN7O7S/c1-19-38-39-30(49-19)15-35-32(44)21-11-22-13-26(12-21)47-25-10-20(9-23(34)14-25)18-46-28-6-8-41(31(43)4-3-24-5-7-36-48-24)16-27(28)37-29(42)17-40(2)33(22)45/h5,7,9-14,27-28H,3-4,6,8,15-18H2,1-2H3,(H,35,44)(H,37,42)/t27-,28+/m1/s1. The highest BCUT2D eigenvalue weighted by molar-refractivity contribution is 7.11. The highest BCUT2D eigenvalue weighted by Gasteiger charge is 2.34. The van der Waals surface area contributed by atoms with Crippen molar-refractivity contribution in [3.63, 3.8) is 0 Å². The Labute approximate surface area is 284 Å². The molecule has 14 nitrogen and oxygen atoms in total. The third-order valence-electron chi connectivity index (χ3n) is 8.07. The Morgan fingerprint density at radius 2 is 1.96 bits per heavy atom. The fourth-order valence-electron chi connectivity index (χ4n) is 5.70. The van der Waals surface area contributed by atoms with Crippen molar-refractivity contribution in [3.05, 3.63) is 86.9 Å². The van der Waals surface area contributed by atoms with Crippen molar-refractivity contribution in [1.29, 1.82) is 0 Å². The van der Waals surface area contributed by atoms with Gasteiger partial charge in [0.05, 0.1) is 38.0 Å². The molecule has 0 spiro atoms. The smallest absolute Gasteiger partial charge is 0.254 e. The maximum absolute atomic E-state index is 14.8. The molecular weight excluding hydrogens is 657 g/mol. The number of halogens is 1. The van der Waals surface area contributed by atoms with Gasteiger partial charge in [0.25, 0.3) is 11.8 Å². The van der Waals surface area contributed by atoms with Crippen LogP contribution >= 0.6 is 11.3 Å². The predicted octanol–water partition coefficient (Wildman–Crippen LogP) is 3.02. The summed E-state index contributed by atoms with van der Waals surface area (Å²) in [5, 5.41) is 18.7. The Morgan fingerprint density at radius 3 is 2.73 bits per heavy atom. The summed E-state index contributed by atoms with van der Waals surface area (Å²) in [5.74, 6) is -1.37. The minimum atomic E-state index is -0.605. The number of nitrogens with zero attached hydrogens (tertiary/aromatic N) is 5. The van der Waals surface area contributed by atoms with Gasteiger partial charge in [-0.05, 0) is 49.2 Å². The maximum atomic E-state index is 14.8. The van der Waals surface area contributed by atoms with E-state index in [1.807, 2.05) is 0 Å². The van der Waals surface area contributed by atoms with Gasteiger partial charge in [0.1, 0.15) is 33.1 Å². The molecule has 2 aliphatic heterocycles. The number of likely N-dealkylation sites (tertiary alicyclic amines) is 1. The van der Waals surface area contributed by atoms with E-state index < -0.39 is 35.7 Å². The minimum Gasteiger partial charge on any atom is -0.457 e. The Bertz CT molecular complexity index is 1850. The highest BCUT2D eigenvalue weighted by Crippen LogP contribution is 2.28. The van der Waals surface area contributed by atoms with Crippen molar-refractivity contribution in [3.8, 4) is 11.5 Å². The summed E-state index contributed by atoms with van der Waals surface area (Å²) in [6, 6.07) is 9.47. The molecule has 6 rings (SSSR count). The van der Waals surface area contributed by atoms with Crippen LogP contribution in [-0.2, 0) is 33.9 Å². The molecule has 1 fully saturated rings. The van der Waals surface area contributed by atoms with Gasteiger partial charge in [-0.1, -0.05) is 16.5 Å². The van der Waals surface area contributed by atoms with Crippen molar-refractivity contribution in [1.82, 2.24) is 35.8 Å². The number of likely N-dealkylation sites (N-methyl/N-ethyl adjacent to an activating group) is 1. The first-order chi connectivity index (χ1) is 23.6. The van der Waals surface area contributed by atoms with E-state index in [9.17, 15) is 23.6 Å². The van der Waals surface area contributed by atoms with E-state index >= 15 is 0 Å². The summed E-state index contributed by atoms with van der Waals surface area (Å²) < 4.78 is 32.1. The number of hydrogen-bond acceptors (Lipinski definition) is 11. The van der Waals surface area contributed by atoms with Crippen LogP contribution in [0, 0.1) is 12.7 Å². The van der Waals surface area contributed by atoms with E-state index in [0.29, 0.717) is 35.7 Å². The summed E-state index contributed by atoms with van der Waals surface area (Å²) in [6.07, 6.45) is 2.02. The lowest BCUT2D eigenvalue weighted by Gasteiger charge is -2.39. The van der Waals surface area contributed by atoms with Crippen LogP contribution < -0.4 is 15.4 Å². The van der Waals surface area contributed by atoms with Crippen molar-refractivity contribution in [2.24, 2.45) is 0 Å². The van der Waals surface area contributed by atoms with Gasteiger partial charge < -0.3 is 34.4 Å². The van der Waals surface area contributed by atoms with E-state index in [1.165, 1.54) is 59.8 Å². The largest absolute Gasteiger partial charge is 0.457 e. The molecule has 4 amide bonds. The molecule has 2 aliphatic rings. The Hall–Kier alpha value is -5.22. The van der Waals surface area contributed by atoms with E-state index in [2.05, 4.69) is 26.0 Å². The van der Waals surface area contributed by atoms with Gasteiger partial charge in [-0.15, -0.1) is 10.2 Å². The molecule has 2 atom stereocenters. The van der Waals surface area contributed by atoms with Gasteiger partial charge in [-0.25, -0.2) is 4.39 Å². The van der Waals surface area contributed by atoms with E-state index in [0.717, 1.165) is 5.01 Å². The summed E-state index contributed by atoms with van der Waals surface area (Å²) >= 11 is 1.34. The molecule has 256 valence electrons. The molecular formula is C33H34FN7O7S. The normalized spacial score (nSPS) is 18.3. The molecule has 0 unspecified atom stereocenters. The molecule has 1 saturated heterocycles. The van der Waals surface area contributed by atoms with Gasteiger partial charge in [0.15, 0.2) is 0 Å². The molecule has 2 N–H and O–H groups in total. The van der Waals surface area contributed by atoms with Gasteiger partial charge in [0.2, 0.25) is 11.8 Å². The summed E-state index contributed by atoms with van der Waals surface area (Å²) in [6.45, 7) is 2.19. The molecule has 4 heterocycles. The third kappa shape index (κ3) is 8.63. The average Bonchev–Trinajstić information content (AvgIpc) is 3.76. The molecule has 2 aromatic carbocycles. The Kier molecular flexibility index (Phi) is 10.2. The number of aryl methyl sites for hydroxylation is 2. The highest BCUT2D eigenvalue weighted by atomic mass is 32.1. The zero-order valence-corrected chi connectivity index (χ0v) is 27.6. The fraction of sp³-hybridized carbons (Fsp3) is 0.364. The number of rotatable bonds is 6. The van der Waals surface area contributed by atoms with Gasteiger partial charge in [-0.3, -0.25) is 19.2 Å². The molecule has 49 heavy (non-hydrogen) atoms. The fourth-order valence-corrected chi connectivity index (χ4v) is 6.34. The van der Waals surface area contributed by atoms with Crippen LogP contribution in [0.15, 0.2) is 53.2 Å². The second kappa shape index (κ2) is 14.9. The molecule has 4 bridgehead atoms. The van der Waals surface area contributed by atoms with Crippen molar-refractivity contribution < 1.29 is 37.6 Å². The summed E-state index contributed by atoms with van der Waals surface area (Å²) in [5.41, 5.74) is 0.657. The molecule has 2 aromatic heterocycles. The van der Waals surface area contributed by atoms with Crippen molar-refractivity contribution in [2.45, 2.75) is 51.5 Å². The quantitative estimate of drug-likeness (QED) is 0.307. The number of fused-ring (bicyclic) bond motifs is 5. The average molecular weight is 692 g/mol. The van der Waals surface area contributed by atoms with Crippen molar-refractivity contribution >= 4 is 35.0 Å². The van der Waals surface area contributed by atoms with Gasteiger partial charge >= 0.3 is 0 Å². The first-order valence-corrected chi connectivity index (χ1v) is 16.4. The predicted molar refractivity (Wildman–Crippen MR) is 172 cm³/mol. The minimum absolute atomic E-state index is 0.00175. The third-order valence-corrected chi connectivity index (χ3v) is 8.91. The van der Waals surface area contributed by atoms with Crippen LogP contribution in [0.3, 0.4) is 0 Å². The number of amides is 4. The number of carbonyl (C=O) groups is 4. The number of hydrogen-bond donors (Lipinski definition) is 2. The molecule has 0 saturated carbocycles. The van der Waals surface area contributed by atoms with Crippen LogP contribution in [0.2, 0.25) is 0 Å². The second-order valence-electron chi connectivity index (χ2n) is 11.8. The number of benzene rings is 2. The molecule has 4 aromatic rings. The Morgan fingerprint density at radius 1 is 1.12 bits per heavy atom.